The topological polar surface area (TPSA) is 23.6 Å². The summed E-state index contributed by atoms with van der Waals surface area (Å²) in [5.41, 5.74) is 3.11. The Bertz CT molecular complexity index is 552. The minimum absolute atomic E-state index is 0.160. The Balaban J connectivity index is 1.73. The number of aryl methyl sites for hydroxylation is 1. The van der Waals surface area contributed by atoms with Gasteiger partial charge >= 0.3 is 0 Å². The van der Waals surface area contributed by atoms with Crippen molar-refractivity contribution in [2.45, 2.75) is 45.6 Å². The molecule has 1 fully saturated rings. The second-order valence-corrected chi connectivity index (χ2v) is 7.38. The van der Waals surface area contributed by atoms with E-state index in [0.29, 0.717) is 6.54 Å². The van der Waals surface area contributed by atoms with Crippen LogP contribution < -0.4 is 0 Å². The Morgan fingerprint density at radius 1 is 1.29 bits per heavy atom. The number of carbonyl (C=O) groups is 1. The average Bonchev–Trinajstić information content (AvgIpc) is 2.77. The van der Waals surface area contributed by atoms with Gasteiger partial charge < -0.3 is 0 Å². The van der Waals surface area contributed by atoms with E-state index < -0.39 is 0 Å². The van der Waals surface area contributed by atoms with Gasteiger partial charge in [0, 0.05) is 23.6 Å². The van der Waals surface area contributed by atoms with E-state index in [1.54, 1.807) is 0 Å². The molecule has 2 aliphatic rings. The molecule has 0 atom stereocenters. The largest absolute Gasteiger partial charge is 0.269 e. The van der Waals surface area contributed by atoms with Crippen LogP contribution in [0.4, 0.5) is 0 Å². The van der Waals surface area contributed by atoms with Crippen LogP contribution in [0.5, 0.6) is 0 Å². The van der Waals surface area contributed by atoms with Crippen molar-refractivity contribution in [3.63, 3.8) is 0 Å². The molecule has 3 rings (SSSR count). The van der Waals surface area contributed by atoms with Crippen molar-refractivity contribution < 1.29 is 4.79 Å². The molecule has 3 nitrogen and oxygen atoms in total. The zero-order chi connectivity index (χ0) is 15.0. The van der Waals surface area contributed by atoms with Gasteiger partial charge in [-0.1, -0.05) is 35.2 Å². The number of hydrazine groups is 1. The summed E-state index contributed by atoms with van der Waals surface area (Å²) in [5.74, 6) is 0.904. The second-order valence-electron chi connectivity index (χ2n) is 6.46. The Hall–Kier alpha value is -0.870. The number of hydrogen-bond donors (Lipinski definition) is 0. The highest BCUT2D eigenvalue weighted by atomic mass is 79.9. The van der Waals surface area contributed by atoms with E-state index in [1.807, 2.05) is 18.0 Å². The van der Waals surface area contributed by atoms with Gasteiger partial charge in [0.25, 0.3) is 5.91 Å². The zero-order valence-corrected chi connectivity index (χ0v) is 14.4. The minimum atomic E-state index is 0.160. The number of rotatable bonds is 3. The third kappa shape index (κ3) is 3.02. The summed E-state index contributed by atoms with van der Waals surface area (Å²) < 4.78 is 1.06. The summed E-state index contributed by atoms with van der Waals surface area (Å²) in [7, 11) is 2.06. The first-order valence-corrected chi connectivity index (χ1v) is 8.67. The van der Waals surface area contributed by atoms with Crippen LogP contribution in [0.3, 0.4) is 0 Å². The average molecular weight is 351 g/mol. The SMILES string of the molecule is Cc1cc(Br)cc2c1C(=O)N(N(C)CC1CCCCC1)C2. The van der Waals surface area contributed by atoms with E-state index >= 15 is 0 Å². The number of fused-ring (bicyclic) bond motifs is 1. The number of benzene rings is 1. The molecule has 1 amide bonds. The van der Waals surface area contributed by atoms with Crippen LogP contribution in [0.25, 0.3) is 0 Å². The van der Waals surface area contributed by atoms with Crippen molar-refractivity contribution in [3.8, 4) is 0 Å². The van der Waals surface area contributed by atoms with Crippen molar-refractivity contribution in [2.75, 3.05) is 13.6 Å². The van der Waals surface area contributed by atoms with Gasteiger partial charge in [0.1, 0.15) is 0 Å². The van der Waals surface area contributed by atoms with Gasteiger partial charge in [-0.05, 0) is 48.9 Å². The van der Waals surface area contributed by atoms with Crippen molar-refractivity contribution in [1.29, 1.82) is 0 Å². The molecule has 1 heterocycles. The van der Waals surface area contributed by atoms with Gasteiger partial charge in [-0.3, -0.25) is 9.80 Å². The number of amides is 1. The van der Waals surface area contributed by atoms with Crippen LogP contribution in [-0.4, -0.2) is 29.5 Å². The van der Waals surface area contributed by atoms with E-state index in [-0.39, 0.29) is 5.91 Å². The monoisotopic (exact) mass is 350 g/mol. The summed E-state index contributed by atoms with van der Waals surface area (Å²) in [6.45, 7) is 3.73. The van der Waals surface area contributed by atoms with Crippen molar-refractivity contribution >= 4 is 21.8 Å². The van der Waals surface area contributed by atoms with Gasteiger partial charge in [0.05, 0.1) is 6.54 Å². The summed E-state index contributed by atoms with van der Waals surface area (Å²) in [6.07, 6.45) is 6.69. The molecular weight excluding hydrogens is 328 g/mol. The summed E-state index contributed by atoms with van der Waals surface area (Å²) >= 11 is 3.53. The molecule has 0 saturated heterocycles. The van der Waals surface area contributed by atoms with Crippen LogP contribution in [-0.2, 0) is 6.54 Å². The summed E-state index contributed by atoms with van der Waals surface area (Å²) in [5, 5.41) is 4.06. The first-order valence-electron chi connectivity index (χ1n) is 7.88. The number of nitrogens with zero attached hydrogens (tertiary/aromatic N) is 2. The van der Waals surface area contributed by atoms with Crippen LogP contribution in [0.15, 0.2) is 16.6 Å². The first-order chi connectivity index (χ1) is 10.1. The lowest BCUT2D eigenvalue weighted by molar-refractivity contribution is -0.00385. The molecule has 0 aromatic heterocycles. The van der Waals surface area contributed by atoms with Crippen LogP contribution in [0, 0.1) is 12.8 Å². The molecule has 0 bridgehead atoms. The summed E-state index contributed by atoms with van der Waals surface area (Å²) in [4.78, 5) is 12.7. The number of hydrogen-bond acceptors (Lipinski definition) is 2. The lowest BCUT2D eigenvalue weighted by atomic mass is 9.89. The molecule has 4 heteroatoms. The Morgan fingerprint density at radius 2 is 2.00 bits per heavy atom. The predicted molar refractivity (Wildman–Crippen MR) is 88.0 cm³/mol. The minimum Gasteiger partial charge on any atom is -0.268 e. The van der Waals surface area contributed by atoms with Crippen LogP contribution >= 0.6 is 15.9 Å². The highest BCUT2D eigenvalue weighted by Gasteiger charge is 2.32. The fourth-order valence-electron chi connectivity index (χ4n) is 3.72. The van der Waals surface area contributed by atoms with Crippen molar-refractivity contribution in [2.24, 2.45) is 5.92 Å². The molecule has 0 N–H and O–H groups in total. The van der Waals surface area contributed by atoms with Crippen molar-refractivity contribution in [3.05, 3.63) is 33.3 Å². The van der Waals surface area contributed by atoms with Gasteiger partial charge in [-0.15, -0.1) is 0 Å². The molecule has 1 aliphatic carbocycles. The van der Waals surface area contributed by atoms with Crippen LogP contribution in [0.1, 0.15) is 53.6 Å². The highest BCUT2D eigenvalue weighted by Crippen LogP contribution is 2.31. The summed E-state index contributed by atoms with van der Waals surface area (Å²) in [6, 6.07) is 4.11. The molecular formula is C17H23BrN2O. The molecule has 0 spiro atoms. The molecule has 1 aromatic carbocycles. The fourth-order valence-corrected chi connectivity index (χ4v) is 4.34. The maximum atomic E-state index is 12.7. The normalized spacial score (nSPS) is 19.4. The standard InChI is InChI=1S/C17H23BrN2O/c1-12-8-15(18)9-14-11-20(17(21)16(12)14)19(2)10-13-6-4-3-5-7-13/h8-9,13H,3-7,10-11H2,1-2H3. The third-order valence-electron chi connectivity index (χ3n) is 4.81. The maximum Gasteiger partial charge on any atom is 0.269 e. The van der Waals surface area contributed by atoms with Crippen LogP contribution in [0.2, 0.25) is 0 Å². The lowest BCUT2D eigenvalue weighted by Gasteiger charge is -2.32. The Morgan fingerprint density at radius 3 is 2.71 bits per heavy atom. The van der Waals surface area contributed by atoms with Gasteiger partial charge in [0.2, 0.25) is 0 Å². The molecule has 21 heavy (non-hydrogen) atoms. The Labute approximate surface area is 135 Å². The van der Waals surface area contributed by atoms with E-state index in [0.717, 1.165) is 33.6 Å². The van der Waals surface area contributed by atoms with E-state index in [4.69, 9.17) is 0 Å². The van der Waals surface area contributed by atoms with E-state index in [1.165, 1.54) is 32.1 Å². The fraction of sp³-hybridized carbons (Fsp3) is 0.588. The van der Waals surface area contributed by atoms with Crippen molar-refractivity contribution in [1.82, 2.24) is 10.0 Å². The quantitative estimate of drug-likeness (QED) is 0.817. The smallest absolute Gasteiger partial charge is 0.268 e. The maximum absolute atomic E-state index is 12.7. The lowest BCUT2D eigenvalue weighted by Crippen LogP contribution is -2.42. The molecule has 0 radical (unpaired) electrons. The molecule has 0 unspecified atom stereocenters. The first kappa shape index (κ1) is 15.0. The van der Waals surface area contributed by atoms with E-state index in [9.17, 15) is 4.79 Å². The highest BCUT2D eigenvalue weighted by molar-refractivity contribution is 9.10. The predicted octanol–water partition coefficient (Wildman–Crippen LogP) is 4.14. The molecule has 1 aliphatic heterocycles. The van der Waals surface area contributed by atoms with Gasteiger partial charge in [-0.2, -0.15) is 0 Å². The van der Waals surface area contributed by atoms with Gasteiger partial charge in [-0.25, -0.2) is 5.01 Å². The molecule has 1 aromatic rings. The van der Waals surface area contributed by atoms with E-state index in [2.05, 4.69) is 34.1 Å². The number of carbonyl (C=O) groups excluding carboxylic acids is 1. The molecule has 1 saturated carbocycles. The third-order valence-corrected chi connectivity index (χ3v) is 5.27. The van der Waals surface area contributed by atoms with Gasteiger partial charge in [0.15, 0.2) is 0 Å². The number of halogens is 1. The molecule has 114 valence electrons. The Kier molecular flexibility index (Phi) is 4.36. The zero-order valence-electron chi connectivity index (χ0n) is 12.9. The second kappa shape index (κ2) is 6.09.